The van der Waals surface area contributed by atoms with Gasteiger partial charge in [-0.05, 0) is 0 Å². The highest BCUT2D eigenvalue weighted by Gasteiger charge is 2.23. The van der Waals surface area contributed by atoms with E-state index in [4.69, 9.17) is 0 Å². The summed E-state index contributed by atoms with van der Waals surface area (Å²) in [6.07, 6.45) is 4.61. The first-order valence-electron chi connectivity index (χ1n) is 4.82. The summed E-state index contributed by atoms with van der Waals surface area (Å²) in [5.74, 6) is 0. The standard InChI is InChI=1S/C10H20N3O/c1-12-6-9(11-8-12)5-10(7-14)13(2,3)4/h6,8,10,14H,5,7H2,1-4H3/q+1. The van der Waals surface area contributed by atoms with Crippen LogP contribution in [0.15, 0.2) is 12.5 Å². The van der Waals surface area contributed by atoms with Gasteiger partial charge in [0.1, 0.15) is 6.04 Å². The van der Waals surface area contributed by atoms with E-state index >= 15 is 0 Å². The number of aromatic nitrogens is 2. The SMILES string of the molecule is Cn1cnc(CC(CO)[N+](C)(C)C)c1. The van der Waals surface area contributed by atoms with Gasteiger partial charge in [-0.15, -0.1) is 0 Å². The van der Waals surface area contributed by atoms with Crippen molar-refractivity contribution in [2.75, 3.05) is 27.7 Å². The second-order valence-electron chi connectivity index (χ2n) is 4.69. The van der Waals surface area contributed by atoms with Crippen molar-refractivity contribution >= 4 is 0 Å². The summed E-state index contributed by atoms with van der Waals surface area (Å²) in [6.45, 7) is 0.195. The first kappa shape index (κ1) is 11.2. The Kier molecular flexibility index (Phi) is 3.29. The van der Waals surface area contributed by atoms with E-state index in [2.05, 4.69) is 26.1 Å². The highest BCUT2D eigenvalue weighted by atomic mass is 16.3. The maximum absolute atomic E-state index is 9.28. The minimum Gasteiger partial charge on any atom is -0.390 e. The summed E-state index contributed by atoms with van der Waals surface area (Å²) < 4.78 is 2.69. The molecule has 0 fully saturated rings. The van der Waals surface area contributed by atoms with E-state index in [1.807, 2.05) is 17.8 Å². The maximum atomic E-state index is 9.28. The fourth-order valence-electron chi connectivity index (χ4n) is 1.40. The van der Waals surface area contributed by atoms with Gasteiger partial charge < -0.3 is 14.2 Å². The van der Waals surface area contributed by atoms with Crippen molar-refractivity contribution < 1.29 is 9.59 Å². The Morgan fingerprint density at radius 1 is 1.50 bits per heavy atom. The highest BCUT2D eigenvalue weighted by molar-refractivity contribution is 4.98. The molecule has 0 aliphatic carbocycles. The largest absolute Gasteiger partial charge is 0.390 e. The summed E-state index contributed by atoms with van der Waals surface area (Å²) in [6, 6.07) is 0.213. The van der Waals surface area contributed by atoms with Gasteiger partial charge in [0.25, 0.3) is 0 Å². The second kappa shape index (κ2) is 4.11. The van der Waals surface area contributed by atoms with Crippen LogP contribution in [0.2, 0.25) is 0 Å². The number of aliphatic hydroxyl groups excluding tert-OH is 1. The van der Waals surface area contributed by atoms with E-state index < -0.39 is 0 Å². The third-order valence-electron chi connectivity index (χ3n) is 2.51. The molecule has 1 atom stereocenters. The molecule has 1 aromatic rings. The number of aliphatic hydroxyl groups is 1. The van der Waals surface area contributed by atoms with Crippen molar-refractivity contribution in [1.29, 1.82) is 0 Å². The lowest BCUT2D eigenvalue weighted by atomic mass is 10.1. The Bertz CT molecular complexity index is 288. The van der Waals surface area contributed by atoms with Crippen LogP contribution in [-0.4, -0.2) is 52.9 Å². The lowest BCUT2D eigenvalue weighted by molar-refractivity contribution is -0.896. The van der Waals surface area contributed by atoms with Gasteiger partial charge in [0.15, 0.2) is 0 Å². The molecule has 0 aromatic carbocycles. The van der Waals surface area contributed by atoms with E-state index in [9.17, 15) is 5.11 Å². The molecule has 1 N–H and O–H groups in total. The monoisotopic (exact) mass is 198 g/mol. The van der Waals surface area contributed by atoms with Gasteiger partial charge in [0, 0.05) is 19.7 Å². The minimum absolute atomic E-state index is 0.195. The number of nitrogens with zero attached hydrogens (tertiary/aromatic N) is 3. The van der Waals surface area contributed by atoms with Crippen LogP contribution in [-0.2, 0) is 13.5 Å². The molecule has 1 rings (SSSR count). The Hall–Kier alpha value is -0.870. The number of imidazole rings is 1. The molecule has 4 nitrogen and oxygen atoms in total. The van der Waals surface area contributed by atoms with E-state index in [0.29, 0.717) is 0 Å². The predicted octanol–water partition coefficient (Wildman–Crippen LogP) is 0.0297. The number of likely N-dealkylation sites (N-methyl/N-ethyl adjacent to an activating group) is 1. The van der Waals surface area contributed by atoms with Crippen LogP contribution in [0.25, 0.3) is 0 Å². The molecule has 80 valence electrons. The molecule has 0 saturated heterocycles. The summed E-state index contributed by atoms with van der Waals surface area (Å²) in [5.41, 5.74) is 1.04. The average Bonchev–Trinajstić information content (AvgIpc) is 2.45. The van der Waals surface area contributed by atoms with Crippen molar-refractivity contribution in [2.24, 2.45) is 7.05 Å². The van der Waals surface area contributed by atoms with Crippen molar-refractivity contribution in [1.82, 2.24) is 9.55 Å². The molecule has 0 radical (unpaired) electrons. The summed E-state index contributed by atoms with van der Waals surface area (Å²) in [4.78, 5) is 4.26. The molecule has 0 aliphatic rings. The zero-order valence-corrected chi connectivity index (χ0v) is 9.44. The van der Waals surface area contributed by atoms with Gasteiger partial charge in [0.05, 0.1) is 39.8 Å². The summed E-state index contributed by atoms with van der Waals surface area (Å²) in [5, 5.41) is 9.28. The van der Waals surface area contributed by atoms with Crippen LogP contribution in [0.5, 0.6) is 0 Å². The Balaban J connectivity index is 2.66. The lowest BCUT2D eigenvalue weighted by Gasteiger charge is -2.32. The van der Waals surface area contributed by atoms with Gasteiger partial charge in [-0.1, -0.05) is 0 Å². The number of hydrogen-bond acceptors (Lipinski definition) is 2. The van der Waals surface area contributed by atoms with Gasteiger partial charge in [-0.2, -0.15) is 0 Å². The number of rotatable bonds is 4. The molecular formula is C10H20N3O+. The third kappa shape index (κ3) is 2.82. The molecule has 1 unspecified atom stereocenters. The van der Waals surface area contributed by atoms with E-state index in [1.54, 1.807) is 6.33 Å². The fourth-order valence-corrected chi connectivity index (χ4v) is 1.40. The van der Waals surface area contributed by atoms with E-state index in [-0.39, 0.29) is 12.6 Å². The quantitative estimate of drug-likeness (QED) is 0.693. The molecule has 4 heteroatoms. The van der Waals surface area contributed by atoms with Gasteiger partial charge >= 0.3 is 0 Å². The van der Waals surface area contributed by atoms with Gasteiger partial charge in [-0.25, -0.2) is 4.98 Å². The van der Waals surface area contributed by atoms with E-state index in [1.165, 1.54) is 0 Å². The molecule has 1 heterocycles. The van der Waals surface area contributed by atoms with Crippen molar-refractivity contribution in [3.05, 3.63) is 18.2 Å². The van der Waals surface area contributed by atoms with Crippen LogP contribution < -0.4 is 0 Å². The van der Waals surface area contributed by atoms with Crippen molar-refractivity contribution in [3.63, 3.8) is 0 Å². The highest BCUT2D eigenvalue weighted by Crippen LogP contribution is 2.08. The topological polar surface area (TPSA) is 38.0 Å². The van der Waals surface area contributed by atoms with E-state index in [0.717, 1.165) is 16.6 Å². The molecule has 0 saturated carbocycles. The Labute approximate surface area is 85.4 Å². The molecule has 1 aromatic heterocycles. The van der Waals surface area contributed by atoms with Gasteiger partial charge in [0.2, 0.25) is 0 Å². The fraction of sp³-hybridized carbons (Fsp3) is 0.700. The smallest absolute Gasteiger partial charge is 0.117 e. The lowest BCUT2D eigenvalue weighted by Crippen LogP contribution is -2.48. The molecule has 0 aliphatic heterocycles. The number of quaternary nitrogens is 1. The third-order valence-corrected chi connectivity index (χ3v) is 2.51. The van der Waals surface area contributed by atoms with Gasteiger partial charge in [-0.3, -0.25) is 0 Å². The number of hydrogen-bond donors (Lipinski definition) is 1. The summed E-state index contributed by atoms with van der Waals surface area (Å²) >= 11 is 0. The number of aryl methyl sites for hydroxylation is 1. The van der Waals surface area contributed by atoms with Crippen LogP contribution >= 0.6 is 0 Å². The zero-order chi connectivity index (χ0) is 10.8. The first-order chi connectivity index (χ1) is 6.43. The normalized spacial score (nSPS) is 14.4. The van der Waals surface area contributed by atoms with Crippen LogP contribution in [0.1, 0.15) is 5.69 Å². The Morgan fingerprint density at radius 2 is 2.14 bits per heavy atom. The molecular weight excluding hydrogens is 178 g/mol. The van der Waals surface area contributed by atoms with Crippen molar-refractivity contribution in [2.45, 2.75) is 12.5 Å². The predicted molar refractivity (Wildman–Crippen MR) is 55.8 cm³/mol. The van der Waals surface area contributed by atoms with Crippen LogP contribution in [0, 0.1) is 0 Å². The zero-order valence-electron chi connectivity index (χ0n) is 9.44. The Morgan fingerprint density at radius 3 is 2.50 bits per heavy atom. The maximum Gasteiger partial charge on any atom is 0.117 e. The van der Waals surface area contributed by atoms with Crippen LogP contribution in [0.4, 0.5) is 0 Å². The average molecular weight is 198 g/mol. The molecule has 14 heavy (non-hydrogen) atoms. The summed E-state index contributed by atoms with van der Waals surface area (Å²) in [7, 11) is 8.22. The second-order valence-corrected chi connectivity index (χ2v) is 4.69. The minimum atomic E-state index is 0.195. The van der Waals surface area contributed by atoms with Crippen LogP contribution in [0.3, 0.4) is 0 Å². The molecule has 0 spiro atoms. The molecule has 0 bridgehead atoms. The molecule has 0 amide bonds. The van der Waals surface area contributed by atoms with Crippen molar-refractivity contribution in [3.8, 4) is 0 Å². The first-order valence-corrected chi connectivity index (χ1v) is 4.82.